The molecule has 0 saturated heterocycles. The van der Waals surface area contributed by atoms with Crippen LogP contribution in [0, 0.1) is 31.1 Å². The van der Waals surface area contributed by atoms with Gasteiger partial charge in [-0.25, -0.2) is 0 Å². The number of nitrogens with zero attached hydrogens (tertiary/aromatic N) is 2. The Morgan fingerprint density at radius 2 is 2.11 bits per heavy atom. The van der Waals surface area contributed by atoms with Crippen LogP contribution in [0.2, 0.25) is 0 Å². The van der Waals surface area contributed by atoms with E-state index in [-0.39, 0.29) is 11.7 Å². The predicted octanol–water partition coefficient (Wildman–Crippen LogP) is 2.58. The molecule has 1 aromatic carbocycles. The quantitative estimate of drug-likeness (QED) is 0.748. The zero-order chi connectivity index (χ0) is 13.7. The second-order valence-electron chi connectivity index (χ2n) is 4.97. The number of rotatable bonds is 5. The Morgan fingerprint density at radius 1 is 1.44 bits per heavy atom. The van der Waals surface area contributed by atoms with Crippen LogP contribution in [-0.2, 0) is 0 Å². The third kappa shape index (κ3) is 3.97. The number of likely N-dealkylation sites (N-methyl/N-ethyl adjacent to an activating group) is 1. The molecule has 0 saturated carbocycles. The van der Waals surface area contributed by atoms with Crippen LogP contribution in [0.5, 0.6) is 0 Å². The van der Waals surface area contributed by atoms with Gasteiger partial charge in [-0.1, -0.05) is 17.7 Å². The van der Waals surface area contributed by atoms with Crippen LogP contribution in [0.4, 0.5) is 0 Å². The van der Waals surface area contributed by atoms with Gasteiger partial charge < -0.3 is 0 Å². The van der Waals surface area contributed by atoms with Crippen molar-refractivity contribution in [2.45, 2.75) is 20.8 Å². The molecule has 0 aliphatic carbocycles. The van der Waals surface area contributed by atoms with Gasteiger partial charge in [-0.2, -0.15) is 5.26 Å². The van der Waals surface area contributed by atoms with Crippen molar-refractivity contribution in [2.75, 3.05) is 20.1 Å². The molecule has 1 rings (SSSR count). The van der Waals surface area contributed by atoms with Crippen LogP contribution < -0.4 is 0 Å². The highest BCUT2D eigenvalue weighted by atomic mass is 16.1. The number of carbonyl (C=O) groups is 1. The number of hydrogen-bond acceptors (Lipinski definition) is 3. The summed E-state index contributed by atoms with van der Waals surface area (Å²) in [7, 11) is 1.87. The summed E-state index contributed by atoms with van der Waals surface area (Å²) in [5.41, 5.74) is 2.88. The molecule has 0 aliphatic heterocycles. The van der Waals surface area contributed by atoms with E-state index in [2.05, 4.69) is 6.07 Å². The summed E-state index contributed by atoms with van der Waals surface area (Å²) in [6, 6.07) is 8.09. The highest BCUT2D eigenvalue weighted by Gasteiger charge is 2.13. The van der Waals surface area contributed by atoms with Gasteiger partial charge in [0.25, 0.3) is 0 Å². The largest absolute Gasteiger partial charge is 0.298 e. The van der Waals surface area contributed by atoms with Gasteiger partial charge in [0.05, 0.1) is 18.5 Å². The lowest BCUT2D eigenvalue weighted by Crippen LogP contribution is -2.30. The number of nitriles is 1. The van der Waals surface area contributed by atoms with Gasteiger partial charge in [-0.15, -0.1) is 0 Å². The standard InChI is InChI=1S/C15H20N2O/c1-11-5-6-13(3)14(7-11)15(18)10-17(4)9-12(2)8-16/h5-7,12H,9-10H2,1-4H3. The van der Waals surface area contributed by atoms with E-state index in [1.165, 1.54) is 0 Å². The summed E-state index contributed by atoms with van der Waals surface area (Å²) in [5.74, 6) is 0.0604. The molecular formula is C15H20N2O. The van der Waals surface area contributed by atoms with E-state index < -0.39 is 0 Å². The van der Waals surface area contributed by atoms with Crippen molar-refractivity contribution in [3.8, 4) is 6.07 Å². The van der Waals surface area contributed by atoms with Crippen LogP contribution in [0.15, 0.2) is 18.2 Å². The fourth-order valence-corrected chi connectivity index (χ4v) is 1.94. The summed E-state index contributed by atoms with van der Waals surface area (Å²) in [6.07, 6.45) is 0. The second-order valence-corrected chi connectivity index (χ2v) is 4.97. The Balaban J connectivity index is 2.71. The Labute approximate surface area is 109 Å². The summed E-state index contributed by atoms with van der Waals surface area (Å²) in [5, 5.41) is 8.75. The molecule has 1 aromatic rings. The van der Waals surface area contributed by atoms with Crippen molar-refractivity contribution in [1.29, 1.82) is 5.26 Å². The number of Topliss-reactive ketones (excluding diaryl/α,β-unsaturated/α-hetero) is 1. The lowest BCUT2D eigenvalue weighted by molar-refractivity contribution is 0.0942. The van der Waals surface area contributed by atoms with E-state index >= 15 is 0 Å². The van der Waals surface area contributed by atoms with Crippen molar-refractivity contribution in [2.24, 2.45) is 5.92 Å². The summed E-state index contributed by atoms with van der Waals surface area (Å²) in [4.78, 5) is 14.1. The van der Waals surface area contributed by atoms with Crippen LogP contribution in [0.3, 0.4) is 0 Å². The molecule has 0 N–H and O–H groups in total. The molecular weight excluding hydrogens is 224 g/mol. The number of aryl methyl sites for hydroxylation is 2. The van der Waals surface area contributed by atoms with Crippen molar-refractivity contribution in [3.63, 3.8) is 0 Å². The van der Waals surface area contributed by atoms with Crippen molar-refractivity contribution in [1.82, 2.24) is 4.90 Å². The zero-order valence-corrected chi connectivity index (χ0v) is 11.5. The molecule has 0 aromatic heterocycles. The van der Waals surface area contributed by atoms with Gasteiger partial charge in [0, 0.05) is 12.1 Å². The van der Waals surface area contributed by atoms with Gasteiger partial charge in [0.1, 0.15) is 0 Å². The normalized spacial score (nSPS) is 12.2. The van der Waals surface area contributed by atoms with Gasteiger partial charge in [-0.3, -0.25) is 9.69 Å². The smallest absolute Gasteiger partial charge is 0.177 e. The number of ketones is 1. The van der Waals surface area contributed by atoms with E-state index in [0.29, 0.717) is 13.1 Å². The summed E-state index contributed by atoms with van der Waals surface area (Å²) < 4.78 is 0. The molecule has 0 spiro atoms. The Morgan fingerprint density at radius 3 is 2.72 bits per heavy atom. The maximum atomic E-state index is 12.2. The molecule has 0 radical (unpaired) electrons. The fraction of sp³-hybridized carbons (Fsp3) is 0.467. The number of carbonyl (C=O) groups excluding carboxylic acids is 1. The van der Waals surface area contributed by atoms with E-state index in [9.17, 15) is 4.79 Å². The third-order valence-electron chi connectivity index (χ3n) is 2.91. The molecule has 0 fully saturated rings. The first-order valence-electron chi connectivity index (χ1n) is 6.12. The summed E-state index contributed by atoms with van der Waals surface area (Å²) >= 11 is 0. The Hall–Kier alpha value is -1.66. The second kappa shape index (κ2) is 6.32. The molecule has 3 nitrogen and oxygen atoms in total. The highest BCUT2D eigenvalue weighted by molar-refractivity contribution is 5.99. The van der Waals surface area contributed by atoms with E-state index in [1.54, 1.807) is 0 Å². The van der Waals surface area contributed by atoms with Crippen LogP contribution >= 0.6 is 0 Å². The average molecular weight is 244 g/mol. The van der Waals surface area contributed by atoms with Crippen LogP contribution in [0.25, 0.3) is 0 Å². The molecule has 1 atom stereocenters. The van der Waals surface area contributed by atoms with Crippen LogP contribution in [-0.4, -0.2) is 30.8 Å². The Kier molecular flexibility index (Phi) is 5.06. The number of hydrogen-bond donors (Lipinski definition) is 0. The van der Waals surface area contributed by atoms with Crippen molar-refractivity contribution < 1.29 is 4.79 Å². The lowest BCUT2D eigenvalue weighted by atomic mass is 10.0. The van der Waals surface area contributed by atoms with Crippen LogP contribution in [0.1, 0.15) is 28.4 Å². The monoisotopic (exact) mass is 244 g/mol. The minimum Gasteiger partial charge on any atom is -0.298 e. The highest BCUT2D eigenvalue weighted by Crippen LogP contribution is 2.12. The molecule has 3 heteroatoms. The first-order chi connectivity index (χ1) is 8.43. The third-order valence-corrected chi connectivity index (χ3v) is 2.91. The fourth-order valence-electron chi connectivity index (χ4n) is 1.94. The Bertz CT molecular complexity index is 474. The maximum Gasteiger partial charge on any atom is 0.177 e. The SMILES string of the molecule is Cc1ccc(C)c(C(=O)CN(C)CC(C)C#N)c1. The molecule has 18 heavy (non-hydrogen) atoms. The van der Waals surface area contributed by atoms with Gasteiger partial charge in [-0.05, 0) is 39.4 Å². The predicted molar refractivity (Wildman–Crippen MR) is 72.5 cm³/mol. The first-order valence-corrected chi connectivity index (χ1v) is 6.12. The minimum atomic E-state index is -0.0543. The molecule has 0 heterocycles. The number of benzene rings is 1. The molecule has 1 unspecified atom stereocenters. The van der Waals surface area contributed by atoms with Gasteiger partial charge in [0.2, 0.25) is 0 Å². The molecule has 0 bridgehead atoms. The minimum absolute atomic E-state index is 0.0543. The van der Waals surface area contributed by atoms with E-state index in [0.717, 1.165) is 16.7 Å². The van der Waals surface area contributed by atoms with E-state index in [1.807, 2.05) is 50.9 Å². The summed E-state index contributed by atoms with van der Waals surface area (Å²) in [6.45, 7) is 6.77. The molecule has 0 amide bonds. The van der Waals surface area contributed by atoms with Crippen molar-refractivity contribution >= 4 is 5.78 Å². The zero-order valence-electron chi connectivity index (χ0n) is 11.5. The molecule has 96 valence electrons. The topological polar surface area (TPSA) is 44.1 Å². The average Bonchev–Trinajstić information content (AvgIpc) is 2.31. The van der Waals surface area contributed by atoms with E-state index in [4.69, 9.17) is 5.26 Å². The van der Waals surface area contributed by atoms with Gasteiger partial charge >= 0.3 is 0 Å². The molecule has 0 aliphatic rings. The lowest BCUT2D eigenvalue weighted by Gasteiger charge is -2.17. The maximum absolute atomic E-state index is 12.2. The first kappa shape index (κ1) is 14.4. The van der Waals surface area contributed by atoms with Crippen molar-refractivity contribution in [3.05, 3.63) is 34.9 Å². The van der Waals surface area contributed by atoms with Gasteiger partial charge in [0.15, 0.2) is 5.78 Å².